The van der Waals surface area contributed by atoms with Crippen molar-refractivity contribution >= 4 is 105 Å². The third-order valence-electron chi connectivity index (χ3n) is 5.29. The molecule has 0 atom stereocenters. The van der Waals surface area contributed by atoms with Crippen molar-refractivity contribution in [2.24, 2.45) is 0 Å². The van der Waals surface area contributed by atoms with Crippen LogP contribution in [0.4, 0.5) is 0 Å². The van der Waals surface area contributed by atoms with Crippen molar-refractivity contribution in [3.63, 3.8) is 0 Å². The van der Waals surface area contributed by atoms with Crippen LogP contribution >= 0.6 is 66.5 Å². The molecule has 0 bridgehead atoms. The van der Waals surface area contributed by atoms with E-state index in [1.54, 1.807) is 0 Å². The topological polar surface area (TPSA) is 0 Å². The summed E-state index contributed by atoms with van der Waals surface area (Å²) in [5.74, 6) is 0. The van der Waals surface area contributed by atoms with Crippen LogP contribution in [0, 0.1) is 0 Å². The minimum absolute atomic E-state index is 2.11. The van der Waals surface area contributed by atoms with E-state index in [2.05, 4.69) is 39.3 Å². The molecule has 12 heteroatoms. The maximum Gasteiger partial charge on any atom is 0.168 e. The summed E-state index contributed by atoms with van der Waals surface area (Å²) in [6, 6.07) is 0. The summed E-state index contributed by atoms with van der Waals surface area (Å²) in [4.78, 5) is 0. The van der Waals surface area contributed by atoms with Gasteiger partial charge in [0.2, 0.25) is 0 Å². The van der Waals surface area contributed by atoms with E-state index in [4.69, 9.17) is 66.5 Å². The van der Waals surface area contributed by atoms with Gasteiger partial charge in [0, 0.05) is 0 Å². The van der Waals surface area contributed by atoms with Gasteiger partial charge in [-0.15, -0.1) is 0 Å². The molecule has 0 spiro atoms. The molecule has 0 N–H and O–H groups in total. The zero-order valence-corrected chi connectivity index (χ0v) is 21.8. The maximum absolute atomic E-state index is 7.01. The molecule has 1 aliphatic heterocycles. The molecule has 1 saturated heterocycles. The molecule has 108 valence electrons. The smallest absolute Gasteiger partial charge is 0.168 e. The van der Waals surface area contributed by atoms with Gasteiger partial charge in [-0.2, -0.15) is 66.5 Å². The molecule has 0 amide bonds. The quantitative estimate of drug-likeness (QED) is 0.330. The van der Waals surface area contributed by atoms with Crippen molar-refractivity contribution < 1.29 is 0 Å². The first-order valence-corrected chi connectivity index (χ1v) is 32.7. The molecule has 0 nitrogen and oxygen atoms in total. The van der Waals surface area contributed by atoms with E-state index in [0.717, 1.165) is 0 Å². The molecule has 1 fully saturated rings. The Bertz CT molecular complexity index is 260. The first kappa shape index (κ1) is 19.1. The predicted octanol–water partition coefficient (Wildman–Crippen LogP) is 5.36. The molecule has 0 aromatic rings. The average molecular weight is 471 g/mol. The van der Waals surface area contributed by atoms with Gasteiger partial charge in [-0.3, -0.25) is 0 Å². The Hall–Kier alpha value is 3.04. The highest BCUT2D eigenvalue weighted by Gasteiger charge is 2.85. The Morgan fingerprint density at radius 1 is 0.333 bits per heavy atom. The lowest BCUT2D eigenvalue weighted by atomic mass is 11.9. The van der Waals surface area contributed by atoms with E-state index >= 15 is 0 Å². The fourth-order valence-electron chi connectivity index (χ4n) is 2.65. The van der Waals surface area contributed by atoms with E-state index in [9.17, 15) is 0 Å². The third-order valence-corrected chi connectivity index (χ3v) is 178. The molecule has 1 heterocycles. The summed E-state index contributed by atoms with van der Waals surface area (Å²) in [5.41, 5.74) is 0. The summed E-state index contributed by atoms with van der Waals surface area (Å²) < 4.78 is 0. The average Bonchev–Trinajstić information content (AvgIpc) is 2.14. The van der Waals surface area contributed by atoms with Gasteiger partial charge < -0.3 is 0 Å². The van der Waals surface area contributed by atoms with Crippen LogP contribution in [0.2, 0.25) is 39.3 Å². The van der Waals surface area contributed by atoms with Crippen LogP contribution in [-0.2, 0) is 0 Å². The second-order valence-corrected chi connectivity index (χ2v) is 88.1. The summed E-state index contributed by atoms with van der Waals surface area (Å²) >= 11 is 42.1. The fourth-order valence-corrected chi connectivity index (χ4v) is 267. The molecule has 1 aliphatic rings. The van der Waals surface area contributed by atoms with E-state index < -0.39 is 38.5 Å². The van der Waals surface area contributed by atoms with E-state index in [0.29, 0.717) is 0 Å². The first-order chi connectivity index (χ1) is 7.50. The number of hydrogen-bond donors (Lipinski definition) is 0. The third kappa shape index (κ3) is 1.90. The monoisotopic (exact) mass is 468 g/mol. The minimum atomic E-state index is -2.31. The van der Waals surface area contributed by atoms with Gasteiger partial charge in [0.05, 0.1) is 0 Å². The van der Waals surface area contributed by atoms with Gasteiger partial charge in [-0.05, 0) is 0 Å². The van der Waals surface area contributed by atoms with Crippen LogP contribution in [0.5, 0.6) is 0 Å². The summed E-state index contributed by atoms with van der Waals surface area (Å²) in [5, 5.41) is 0. The molecular weight excluding hydrogens is 453 g/mol. The van der Waals surface area contributed by atoms with Crippen LogP contribution in [0.25, 0.3) is 0 Å². The Balaban J connectivity index is 3.72. The predicted molar refractivity (Wildman–Crippen MR) is 105 cm³/mol. The molecule has 18 heavy (non-hydrogen) atoms. The van der Waals surface area contributed by atoms with Crippen LogP contribution in [0.1, 0.15) is 0 Å². The van der Waals surface area contributed by atoms with Crippen molar-refractivity contribution in [2.45, 2.75) is 39.3 Å². The van der Waals surface area contributed by atoms with Gasteiger partial charge in [0.15, 0.2) is 38.5 Å². The Labute approximate surface area is 143 Å². The van der Waals surface area contributed by atoms with Crippen LogP contribution in [-0.4, -0.2) is 38.5 Å². The van der Waals surface area contributed by atoms with Crippen molar-refractivity contribution in [2.75, 3.05) is 0 Å². The zero-order valence-electron chi connectivity index (χ0n) is 11.3. The standard InChI is InChI=1S/C6H18Cl6Si6/c1-13(7)14(2,8)16(4,10)18(6,12)17(5,11)15(13,3)9/h1-6H3. The van der Waals surface area contributed by atoms with Crippen LogP contribution in [0.15, 0.2) is 0 Å². The highest BCUT2D eigenvalue weighted by Crippen LogP contribution is 2.59. The highest BCUT2D eigenvalue weighted by molar-refractivity contribution is 8.34. The molecule has 0 aromatic heterocycles. The van der Waals surface area contributed by atoms with Crippen molar-refractivity contribution in [3.05, 3.63) is 0 Å². The number of hydrogen-bond acceptors (Lipinski definition) is 0. The van der Waals surface area contributed by atoms with Gasteiger partial charge in [-0.25, -0.2) is 0 Å². The highest BCUT2D eigenvalue weighted by atomic mass is 35.6. The van der Waals surface area contributed by atoms with Crippen LogP contribution < -0.4 is 0 Å². The molecule has 0 aromatic carbocycles. The number of rotatable bonds is 0. The summed E-state index contributed by atoms with van der Waals surface area (Å²) in [6.45, 7) is 12.6. The van der Waals surface area contributed by atoms with Crippen LogP contribution in [0.3, 0.4) is 0 Å². The molecule has 0 unspecified atom stereocenters. The lowest BCUT2D eigenvalue weighted by Crippen LogP contribution is -2.97. The molecule has 1 rings (SSSR count). The van der Waals surface area contributed by atoms with Crippen molar-refractivity contribution in [1.29, 1.82) is 0 Å². The second kappa shape index (κ2) is 4.77. The van der Waals surface area contributed by atoms with Gasteiger partial charge >= 0.3 is 0 Å². The Morgan fingerprint density at radius 2 is 0.389 bits per heavy atom. The van der Waals surface area contributed by atoms with Gasteiger partial charge in [-0.1, -0.05) is 39.3 Å². The molecule has 0 aliphatic carbocycles. The lowest BCUT2D eigenvalue weighted by Gasteiger charge is -2.63. The lowest BCUT2D eigenvalue weighted by molar-refractivity contribution is 2.02. The summed E-state index contributed by atoms with van der Waals surface area (Å²) in [6.07, 6.45) is -13.9. The van der Waals surface area contributed by atoms with E-state index in [1.165, 1.54) is 0 Å². The van der Waals surface area contributed by atoms with Crippen molar-refractivity contribution in [1.82, 2.24) is 0 Å². The fraction of sp³-hybridized carbons (Fsp3) is 1.00. The van der Waals surface area contributed by atoms with E-state index in [1.807, 2.05) is 0 Å². The molecular formula is C6H18Cl6Si6. The van der Waals surface area contributed by atoms with Crippen molar-refractivity contribution in [3.8, 4) is 0 Å². The van der Waals surface area contributed by atoms with Gasteiger partial charge in [0.1, 0.15) is 0 Å². The molecule has 0 radical (unpaired) electrons. The molecule has 0 saturated carbocycles. The summed E-state index contributed by atoms with van der Waals surface area (Å²) in [7, 11) is 0. The maximum atomic E-state index is 7.01. The number of halogens is 6. The SMILES string of the molecule is C[Si]1(Cl)[Si](C)(Cl)[Si](C)(Cl)[Si](C)(Cl)[Si](C)(Cl)[Si]1(C)Cl. The second-order valence-electron chi connectivity index (χ2n) is 6.02. The zero-order chi connectivity index (χ0) is 15.0. The van der Waals surface area contributed by atoms with E-state index in [-0.39, 0.29) is 0 Å². The normalized spacial score (nSPS) is 66.0. The van der Waals surface area contributed by atoms with Gasteiger partial charge in [0.25, 0.3) is 0 Å². The Morgan fingerprint density at radius 3 is 0.444 bits per heavy atom. The minimum Gasteiger partial charge on any atom is -0.172 e. The Kier molecular flexibility index (Phi) is 5.06. The largest absolute Gasteiger partial charge is 0.172 e. The first-order valence-electron chi connectivity index (χ1n) is 5.63.